The van der Waals surface area contributed by atoms with E-state index in [-0.39, 0.29) is 0 Å². The first-order chi connectivity index (χ1) is 6.94. The van der Waals surface area contributed by atoms with Gasteiger partial charge in [-0.2, -0.15) is 12.6 Å². The maximum Gasteiger partial charge on any atom is 0.152 e. The molecular weight excluding hydrogens is 230 g/mol. The van der Waals surface area contributed by atoms with Gasteiger partial charge in [-0.05, 0) is 17.6 Å². The minimum absolute atomic E-state index is 0.324. The Bertz CT molecular complexity index is 274. The molecule has 0 aromatic heterocycles. The van der Waals surface area contributed by atoms with Crippen LogP contribution in [0.1, 0.15) is 13.8 Å². The molecule has 5 heteroatoms. The Labute approximate surface area is 98.6 Å². The van der Waals surface area contributed by atoms with E-state index in [9.17, 15) is 8.42 Å². The van der Waals surface area contributed by atoms with Crippen LogP contribution in [-0.4, -0.2) is 50.2 Å². The molecule has 0 bridgehead atoms. The van der Waals surface area contributed by atoms with Crippen LogP contribution in [0.4, 0.5) is 0 Å². The van der Waals surface area contributed by atoms with Gasteiger partial charge in [0.15, 0.2) is 9.84 Å². The number of hydrogen-bond donors (Lipinski definition) is 1. The maximum absolute atomic E-state index is 11.2. The second-order valence-electron chi connectivity index (χ2n) is 4.64. The van der Waals surface area contributed by atoms with Crippen molar-refractivity contribution in [2.24, 2.45) is 11.8 Å². The van der Waals surface area contributed by atoms with Crippen LogP contribution in [0.15, 0.2) is 0 Å². The van der Waals surface area contributed by atoms with Crippen LogP contribution in [0, 0.1) is 11.8 Å². The summed E-state index contributed by atoms with van der Waals surface area (Å²) in [4.78, 5) is 2.25. The molecule has 1 unspecified atom stereocenters. The molecule has 1 fully saturated rings. The van der Waals surface area contributed by atoms with Gasteiger partial charge in [-0.3, -0.25) is 0 Å². The van der Waals surface area contributed by atoms with E-state index in [1.165, 1.54) is 0 Å². The summed E-state index contributed by atoms with van der Waals surface area (Å²) in [6, 6.07) is 0. The number of rotatable bonds is 4. The van der Waals surface area contributed by atoms with Crippen molar-refractivity contribution in [3.8, 4) is 0 Å². The van der Waals surface area contributed by atoms with Gasteiger partial charge in [0.1, 0.15) is 0 Å². The molecule has 0 saturated carbocycles. The topological polar surface area (TPSA) is 37.4 Å². The van der Waals surface area contributed by atoms with Crippen LogP contribution in [-0.2, 0) is 9.84 Å². The Hall–Kier alpha value is 0.260. The fourth-order valence-electron chi connectivity index (χ4n) is 1.74. The van der Waals surface area contributed by atoms with Gasteiger partial charge in [0.05, 0.1) is 11.5 Å². The van der Waals surface area contributed by atoms with Crippen LogP contribution in [0.2, 0.25) is 0 Å². The summed E-state index contributed by atoms with van der Waals surface area (Å²) in [6.07, 6.45) is 0. The zero-order chi connectivity index (χ0) is 11.5. The molecule has 0 aromatic rings. The van der Waals surface area contributed by atoms with E-state index in [0.29, 0.717) is 36.4 Å². The van der Waals surface area contributed by atoms with Crippen molar-refractivity contribution < 1.29 is 8.42 Å². The molecule has 0 radical (unpaired) electrons. The lowest BCUT2D eigenvalue weighted by Crippen LogP contribution is -2.43. The van der Waals surface area contributed by atoms with Gasteiger partial charge in [-0.25, -0.2) is 8.42 Å². The molecule has 0 aromatic carbocycles. The van der Waals surface area contributed by atoms with Crippen molar-refractivity contribution in [1.29, 1.82) is 0 Å². The van der Waals surface area contributed by atoms with E-state index in [1.807, 2.05) is 0 Å². The second-order valence-corrected chi connectivity index (χ2v) is 7.31. The lowest BCUT2D eigenvalue weighted by atomic mass is 9.97. The molecule has 1 aliphatic heterocycles. The van der Waals surface area contributed by atoms with Crippen LogP contribution in [0.5, 0.6) is 0 Å². The summed E-state index contributed by atoms with van der Waals surface area (Å²) in [7, 11) is -2.74. The van der Waals surface area contributed by atoms with Crippen LogP contribution < -0.4 is 0 Å². The molecule has 1 atom stereocenters. The van der Waals surface area contributed by atoms with Gasteiger partial charge in [-0.15, -0.1) is 0 Å². The molecule has 3 nitrogen and oxygen atoms in total. The zero-order valence-electron chi connectivity index (χ0n) is 9.52. The molecule has 1 heterocycles. The van der Waals surface area contributed by atoms with E-state index >= 15 is 0 Å². The Kier molecular flexibility index (Phi) is 4.93. The second kappa shape index (κ2) is 5.55. The van der Waals surface area contributed by atoms with Crippen LogP contribution in [0.3, 0.4) is 0 Å². The van der Waals surface area contributed by atoms with Gasteiger partial charge < -0.3 is 4.90 Å². The van der Waals surface area contributed by atoms with Crippen molar-refractivity contribution in [1.82, 2.24) is 4.90 Å². The van der Waals surface area contributed by atoms with Gasteiger partial charge in [0, 0.05) is 19.6 Å². The Morgan fingerprint density at radius 3 is 2.20 bits per heavy atom. The Morgan fingerprint density at radius 1 is 1.27 bits per heavy atom. The zero-order valence-corrected chi connectivity index (χ0v) is 11.2. The lowest BCUT2D eigenvalue weighted by molar-refractivity contribution is 0.228. The third kappa shape index (κ3) is 4.33. The van der Waals surface area contributed by atoms with E-state index in [4.69, 9.17) is 0 Å². The fraction of sp³-hybridized carbons (Fsp3) is 1.00. The molecule has 0 N–H and O–H groups in total. The predicted octanol–water partition coefficient (Wildman–Crippen LogP) is 0.919. The first-order valence-electron chi connectivity index (χ1n) is 5.48. The average molecular weight is 251 g/mol. The van der Waals surface area contributed by atoms with Crippen molar-refractivity contribution in [3.63, 3.8) is 0 Å². The van der Waals surface area contributed by atoms with Gasteiger partial charge in [0.25, 0.3) is 0 Å². The number of nitrogens with zero attached hydrogens (tertiary/aromatic N) is 1. The standard InChI is InChI=1S/C10H21NO2S2/c1-9(2)10(8-14)7-11-3-5-15(12,13)6-4-11/h9-10,14H,3-8H2,1-2H3. The van der Waals surface area contributed by atoms with Crippen LogP contribution >= 0.6 is 12.6 Å². The normalized spacial score (nSPS) is 24.3. The quantitative estimate of drug-likeness (QED) is 0.755. The summed E-state index contributed by atoms with van der Waals surface area (Å²) in [5.74, 6) is 2.70. The van der Waals surface area contributed by atoms with E-state index in [1.54, 1.807) is 0 Å². The highest BCUT2D eigenvalue weighted by molar-refractivity contribution is 7.91. The monoisotopic (exact) mass is 251 g/mol. The van der Waals surface area contributed by atoms with Crippen molar-refractivity contribution in [2.45, 2.75) is 13.8 Å². The summed E-state index contributed by atoms with van der Waals surface area (Å²) in [5, 5.41) is 0. The average Bonchev–Trinajstić information content (AvgIpc) is 2.15. The SMILES string of the molecule is CC(C)C(CS)CN1CCS(=O)(=O)CC1. The summed E-state index contributed by atoms with van der Waals surface area (Å²) in [5.41, 5.74) is 0. The number of sulfone groups is 1. The Morgan fingerprint density at radius 2 is 1.80 bits per heavy atom. The van der Waals surface area contributed by atoms with E-state index in [2.05, 4.69) is 31.4 Å². The highest BCUT2D eigenvalue weighted by atomic mass is 32.2. The highest BCUT2D eigenvalue weighted by Crippen LogP contribution is 2.15. The highest BCUT2D eigenvalue weighted by Gasteiger charge is 2.24. The first kappa shape index (κ1) is 13.3. The smallest absolute Gasteiger partial charge is 0.152 e. The Balaban J connectivity index is 2.41. The fourth-order valence-corrected chi connectivity index (χ4v) is 3.56. The molecule has 1 saturated heterocycles. The van der Waals surface area contributed by atoms with Gasteiger partial charge in [0.2, 0.25) is 0 Å². The van der Waals surface area contributed by atoms with E-state index in [0.717, 1.165) is 12.3 Å². The van der Waals surface area contributed by atoms with E-state index < -0.39 is 9.84 Å². The summed E-state index contributed by atoms with van der Waals surface area (Å²) < 4.78 is 22.5. The van der Waals surface area contributed by atoms with Crippen LogP contribution in [0.25, 0.3) is 0 Å². The summed E-state index contributed by atoms with van der Waals surface area (Å²) in [6.45, 7) is 6.76. The minimum atomic E-state index is -2.74. The van der Waals surface area contributed by atoms with Crippen molar-refractivity contribution in [3.05, 3.63) is 0 Å². The molecule has 0 aliphatic carbocycles. The largest absolute Gasteiger partial charge is 0.301 e. The van der Waals surface area contributed by atoms with Crippen molar-refractivity contribution in [2.75, 3.05) is 36.9 Å². The third-order valence-corrected chi connectivity index (χ3v) is 5.19. The molecule has 90 valence electrons. The van der Waals surface area contributed by atoms with Crippen molar-refractivity contribution >= 4 is 22.5 Å². The maximum atomic E-state index is 11.2. The number of hydrogen-bond acceptors (Lipinski definition) is 4. The number of thiol groups is 1. The molecule has 0 amide bonds. The molecular formula is C10H21NO2S2. The predicted molar refractivity (Wildman–Crippen MR) is 67.3 cm³/mol. The molecule has 15 heavy (non-hydrogen) atoms. The van der Waals surface area contributed by atoms with Gasteiger partial charge in [-0.1, -0.05) is 13.8 Å². The lowest BCUT2D eigenvalue weighted by Gasteiger charge is -2.31. The van der Waals surface area contributed by atoms with Gasteiger partial charge >= 0.3 is 0 Å². The minimum Gasteiger partial charge on any atom is -0.301 e. The summed E-state index contributed by atoms with van der Waals surface area (Å²) >= 11 is 4.34. The third-order valence-electron chi connectivity index (χ3n) is 3.11. The molecule has 0 spiro atoms. The first-order valence-corrected chi connectivity index (χ1v) is 7.93. The molecule has 1 aliphatic rings. The molecule has 1 rings (SSSR count).